The number of fused-ring (bicyclic) bond motifs is 1. The first kappa shape index (κ1) is 12.3. The summed E-state index contributed by atoms with van der Waals surface area (Å²) in [5, 5.41) is 12.4. The molecule has 0 radical (unpaired) electrons. The second-order valence-corrected chi connectivity index (χ2v) is 4.20. The van der Waals surface area contributed by atoms with Crippen molar-refractivity contribution >= 4 is 17.5 Å². The highest BCUT2D eigenvalue weighted by atomic mass is 16.3. The maximum absolute atomic E-state index is 10.4. The molecule has 0 aliphatic rings. The Morgan fingerprint density at radius 3 is 2.56 bits per heavy atom. The van der Waals surface area contributed by atoms with Crippen LogP contribution in [0, 0.1) is 0 Å². The molecule has 0 aliphatic carbocycles. The molecule has 0 saturated carbocycles. The van der Waals surface area contributed by atoms with E-state index in [2.05, 4.69) is 11.7 Å². The molecule has 3 N–H and O–H groups in total. The van der Waals surface area contributed by atoms with Crippen molar-refractivity contribution in [3.05, 3.63) is 59.4 Å². The number of benzene rings is 2. The number of aliphatic hydroxyl groups is 1. The molecule has 92 valence electrons. The average molecular weight is 240 g/mol. The molecule has 0 aliphatic heterocycles. The molecule has 2 aromatic rings. The van der Waals surface area contributed by atoms with Crippen LogP contribution in [0.2, 0.25) is 0 Å². The molecule has 2 aromatic carbocycles. The van der Waals surface area contributed by atoms with Gasteiger partial charge in [0.25, 0.3) is 0 Å². The van der Waals surface area contributed by atoms with Crippen LogP contribution in [0.5, 0.6) is 0 Å². The fraction of sp³-hybridized carbons (Fsp3) is 0.133. The first-order valence-electron chi connectivity index (χ1n) is 5.74. The molecule has 0 bridgehead atoms. The van der Waals surface area contributed by atoms with Crippen molar-refractivity contribution in [3.63, 3.8) is 0 Å². The number of rotatable bonds is 3. The molecule has 0 amide bonds. The quantitative estimate of drug-likeness (QED) is 0.810. The van der Waals surface area contributed by atoms with Gasteiger partial charge in [-0.2, -0.15) is 0 Å². The van der Waals surface area contributed by atoms with Crippen LogP contribution < -0.4 is 5.73 Å². The number of aliphatic hydroxyl groups excluding tert-OH is 1. The van der Waals surface area contributed by atoms with Crippen LogP contribution in [0.15, 0.2) is 58.9 Å². The first-order chi connectivity index (χ1) is 8.65. The Balaban J connectivity index is 2.61. The third kappa shape index (κ3) is 2.13. The summed E-state index contributed by atoms with van der Waals surface area (Å²) in [5.74, 6) is 0. The summed E-state index contributed by atoms with van der Waals surface area (Å²) in [7, 11) is 0. The van der Waals surface area contributed by atoms with Crippen molar-refractivity contribution in [1.82, 2.24) is 0 Å². The van der Waals surface area contributed by atoms with Crippen LogP contribution in [-0.4, -0.2) is 11.8 Å². The van der Waals surface area contributed by atoms with E-state index in [9.17, 15) is 5.11 Å². The normalized spacial score (nSPS) is 14.1. The molecule has 1 atom stereocenters. The van der Waals surface area contributed by atoms with E-state index < -0.39 is 6.10 Å². The highest BCUT2D eigenvalue weighted by Gasteiger charge is 2.16. The molecule has 0 saturated heterocycles. The number of aliphatic imine (C=N–C) groups is 1. The molecule has 3 heteroatoms. The van der Waals surface area contributed by atoms with Gasteiger partial charge in [-0.25, -0.2) is 0 Å². The van der Waals surface area contributed by atoms with E-state index in [1.54, 1.807) is 6.92 Å². The lowest BCUT2D eigenvalue weighted by Gasteiger charge is -2.15. The van der Waals surface area contributed by atoms with Gasteiger partial charge in [0.1, 0.15) is 6.10 Å². The van der Waals surface area contributed by atoms with Gasteiger partial charge in [-0.3, -0.25) is 4.99 Å². The van der Waals surface area contributed by atoms with E-state index in [1.165, 1.54) is 0 Å². The minimum atomic E-state index is -0.849. The minimum absolute atomic E-state index is 0.409. The van der Waals surface area contributed by atoms with Crippen molar-refractivity contribution in [2.75, 3.05) is 0 Å². The maximum atomic E-state index is 10.4. The van der Waals surface area contributed by atoms with Crippen molar-refractivity contribution < 1.29 is 5.11 Å². The molecule has 0 fully saturated rings. The van der Waals surface area contributed by atoms with Crippen LogP contribution in [0.4, 0.5) is 0 Å². The van der Waals surface area contributed by atoms with Crippen molar-refractivity contribution in [2.45, 2.75) is 13.0 Å². The Kier molecular flexibility index (Phi) is 3.44. The fourth-order valence-electron chi connectivity index (χ4n) is 2.06. The standard InChI is InChI=1S/C15H16N2O/c1-10(16)14(17-2)15(18)13-9-5-7-11-6-3-4-8-12(11)13/h3-9,15,18H,2,16H2,1H3/b14-10-. The lowest BCUT2D eigenvalue weighted by molar-refractivity contribution is 0.214. The SMILES string of the molecule is C=N/C(=C(/C)N)C(O)c1cccc2ccccc12. The summed E-state index contributed by atoms with van der Waals surface area (Å²) in [4.78, 5) is 3.83. The summed E-state index contributed by atoms with van der Waals surface area (Å²) in [6.07, 6.45) is -0.849. The Morgan fingerprint density at radius 2 is 1.89 bits per heavy atom. The molecule has 0 heterocycles. The number of hydrogen-bond acceptors (Lipinski definition) is 3. The molecule has 3 nitrogen and oxygen atoms in total. The number of nitrogens with zero attached hydrogens (tertiary/aromatic N) is 1. The predicted octanol–water partition coefficient (Wildman–Crippen LogP) is 2.76. The smallest absolute Gasteiger partial charge is 0.123 e. The molecule has 2 rings (SSSR count). The monoisotopic (exact) mass is 240 g/mol. The van der Waals surface area contributed by atoms with Gasteiger partial charge in [0.05, 0.1) is 5.70 Å². The van der Waals surface area contributed by atoms with Crippen LogP contribution in [0.1, 0.15) is 18.6 Å². The van der Waals surface area contributed by atoms with Gasteiger partial charge >= 0.3 is 0 Å². The summed E-state index contributed by atoms with van der Waals surface area (Å²) >= 11 is 0. The molecule has 1 unspecified atom stereocenters. The lowest BCUT2D eigenvalue weighted by Crippen LogP contribution is -2.07. The van der Waals surface area contributed by atoms with Crippen molar-refractivity contribution in [1.29, 1.82) is 0 Å². The van der Waals surface area contributed by atoms with E-state index >= 15 is 0 Å². The summed E-state index contributed by atoms with van der Waals surface area (Å²) < 4.78 is 0. The number of allylic oxidation sites excluding steroid dienone is 1. The first-order valence-corrected chi connectivity index (χ1v) is 5.74. The van der Waals surface area contributed by atoms with E-state index in [4.69, 9.17) is 5.73 Å². The van der Waals surface area contributed by atoms with Gasteiger partial charge in [-0.15, -0.1) is 0 Å². The third-order valence-electron chi connectivity index (χ3n) is 2.95. The maximum Gasteiger partial charge on any atom is 0.123 e. The zero-order valence-electron chi connectivity index (χ0n) is 10.3. The minimum Gasteiger partial charge on any atom is -0.401 e. The van der Waals surface area contributed by atoms with Crippen LogP contribution in [0.3, 0.4) is 0 Å². The molecule has 18 heavy (non-hydrogen) atoms. The van der Waals surface area contributed by atoms with E-state index in [0.717, 1.165) is 16.3 Å². The highest BCUT2D eigenvalue weighted by Crippen LogP contribution is 2.29. The highest BCUT2D eigenvalue weighted by molar-refractivity contribution is 5.86. The topological polar surface area (TPSA) is 58.6 Å². The largest absolute Gasteiger partial charge is 0.401 e. The third-order valence-corrected chi connectivity index (χ3v) is 2.95. The van der Waals surface area contributed by atoms with E-state index in [-0.39, 0.29) is 0 Å². The summed E-state index contributed by atoms with van der Waals surface area (Å²) in [6.45, 7) is 5.17. The lowest BCUT2D eigenvalue weighted by atomic mass is 9.98. The van der Waals surface area contributed by atoms with Crippen LogP contribution in [-0.2, 0) is 0 Å². The number of nitrogens with two attached hydrogens (primary N) is 1. The Morgan fingerprint density at radius 1 is 1.22 bits per heavy atom. The van der Waals surface area contributed by atoms with Gasteiger partial charge in [-0.05, 0) is 30.0 Å². The molecule has 0 aromatic heterocycles. The zero-order chi connectivity index (χ0) is 13.1. The fourth-order valence-corrected chi connectivity index (χ4v) is 2.06. The zero-order valence-corrected chi connectivity index (χ0v) is 10.3. The molecule has 0 spiro atoms. The predicted molar refractivity (Wildman–Crippen MR) is 75.3 cm³/mol. The van der Waals surface area contributed by atoms with Gasteiger partial charge < -0.3 is 10.8 Å². The molecular weight excluding hydrogens is 224 g/mol. The van der Waals surface area contributed by atoms with Gasteiger partial charge in [0.2, 0.25) is 0 Å². The average Bonchev–Trinajstić information content (AvgIpc) is 2.38. The van der Waals surface area contributed by atoms with Gasteiger partial charge in [-0.1, -0.05) is 42.5 Å². The second kappa shape index (κ2) is 5.02. The van der Waals surface area contributed by atoms with Crippen molar-refractivity contribution in [3.8, 4) is 0 Å². The second-order valence-electron chi connectivity index (χ2n) is 4.20. The Bertz CT molecular complexity index is 607. The van der Waals surface area contributed by atoms with Crippen LogP contribution in [0.25, 0.3) is 10.8 Å². The summed E-state index contributed by atoms with van der Waals surface area (Å²) in [5.41, 5.74) is 7.39. The van der Waals surface area contributed by atoms with E-state index in [0.29, 0.717) is 11.4 Å². The van der Waals surface area contributed by atoms with Gasteiger partial charge in [0.15, 0.2) is 0 Å². The van der Waals surface area contributed by atoms with E-state index in [1.807, 2.05) is 42.5 Å². The Hall–Kier alpha value is -2.13. The van der Waals surface area contributed by atoms with Crippen LogP contribution >= 0.6 is 0 Å². The van der Waals surface area contributed by atoms with Gasteiger partial charge in [0, 0.05) is 5.70 Å². The number of hydrogen-bond donors (Lipinski definition) is 2. The Labute approximate surface area is 106 Å². The van der Waals surface area contributed by atoms with Crippen molar-refractivity contribution in [2.24, 2.45) is 10.7 Å². The molecular formula is C15H16N2O. The summed E-state index contributed by atoms with van der Waals surface area (Å²) in [6, 6.07) is 13.7.